The summed E-state index contributed by atoms with van der Waals surface area (Å²) in [6, 6.07) is 19.0. The summed E-state index contributed by atoms with van der Waals surface area (Å²) in [5.41, 5.74) is 0.169. The third-order valence-corrected chi connectivity index (χ3v) is 7.90. The van der Waals surface area contributed by atoms with Gasteiger partial charge in [-0.05, 0) is 58.3 Å². The van der Waals surface area contributed by atoms with Gasteiger partial charge in [0.15, 0.2) is 12.5 Å². The Morgan fingerprint density at radius 1 is 0.833 bits per heavy atom. The van der Waals surface area contributed by atoms with E-state index in [1.807, 2.05) is 64.1 Å². The van der Waals surface area contributed by atoms with Crippen LogP contribution in [0.2, 0.25) is 0 Å². The Labute approximate surface area is 208 Å². The van der Waals surface area contributed by atoms with E-state index in [4.69, 9.17) is 14.5 Å². The molecular weight excluding hydrogens is 478 g/mol. The first kappa shape index (κ1) is 23.4. The van der Waals surface area contributed by atoms with Gasteiger partial charge in [-0.25, -0.2) is 9.78 Å². The molecule has 0 aliphatic carbocycles. The van der Waals surface area contributed by atoms with Crippen molar-refractivity contribution in [1.82, 2.24) is 0 Å². The van der Waals surface area contributed by atoms with E-state index in [0.717, 1.165) is 43.4 Å². The number of ether oxygens (including phenoxy) is 1. The van der Waals surface area contributed by atoms with E-state index in [0.29, 0.717) is 5.39 Å². The Bertz CT molecular complexity index is 1720. The number of anilines is 1. The largest absolute Gasteiger partial charge is 0.357 e. The molecule has 0 radical (unpaired) electrons. The average molecular weight is 506 g/mol. The van der Waals surface area contributed by atoms with Crippen LogP contribution in [0.15, 0.2) is 65.6 Å². The average Bonchev–Trinajstić information content (AvgIpc) is 2.83. The summed E-state index contributed by atoms with van der Waals surface area (Å²) in [5, 5.41) is 10.8. The second-order valence-corrected chi connectivity index (χ2v) is 11.6. The first-order valence-corrected chi connectivity index (χ1v) is 13.4. The molecule has 2 atom stereocenters. The molecule has 1 fully saturated rings. The Hall–Kier alpha value is -3.01. The van der Waals surface area contributed by atoms with Crippen LogP contribution in [0.4, 0.5) is 5.69 Å². The molecule has 1 saturated heterocycles. The normalized spacial score (nSPS) is 20.7. The van der Waals surface area contributed by atoms with Crippen molar-refractivity contribution in [1.29, 1.82) is 0 Å². The van der Waals surface area contributed by atoms with Crippen LogP contribution in [0.3, 0.4) is 0 Å². The van der Waals surface area contributed by atoms with Gasteiger partial charge in [0.1, 0.15) is 10.5 Å². The molecule has 0 bridgehead atoms. The molecule has 8 heteroatoms. The monoisotopic (exact) mass is 505 g/mol. The Morgan fingerprint density at radius 3 is 2.03 bits per heavy atom. The van der Waals surface area contributed by atoms with Gasteiger partial charge in [-0.1, -0.05) is 62.4 Å². The number of fused-ring (bicyclic) bond motifs is 2. The second-order valence-electron chi connectivity index (χ2n) is 10.3. The van der Waals surface area contributed by atoms with Crippen molar-refractivity contribution >= 4 is 58.9 Å². The Balaban J connectivity index is 1.59. The highest BCUT2D eigenvalue weighted by Gasteiger charge is 2.41. The molecule has 0 saturated carbocycles. The van der Waals surface area contributed by atoms with Crippen LogP contribution >= 0.6 is 0 Å². The smallest absolute Gasteiger partial charge is 0.295 e. The molecule has 1 heterocycles. The van der Waals surface area contributed by atoms with Crippen molar-refractivity contribution in [2.24, 2.45) is 5.92 Å². The zero-order valence-electron chi connectivity index (χ0n) is 20.4. The lowest BCUT2D eigenvalue weighted by Gasteiger charge is -2.42. The first-order valence-electron chi connectivity index (χ1n) is 11.9. The van der Waals surface area contributed by atoms with Crippen molar-refractivity contribution in [3.05, 3.63) is 60.7 Å². The van der Waals surface area contributed by atoms with Gasteiger partial charge in [0.25, 0.3) is 10.1 Å². The summed E-state index contributed by atoms with van der Waals surface area (Å²) >= 11 is 0. The maximum Gasteiger partial charge on any atom is 0.295 e. The molecular formula is C28H27NO6S. The van der Waals surface area contributed by atoms with Gasteiger partial charge in [-0.2, -0.15) is 8.42 Å². The molecule has 2 unspecified atom stereocenters. The third kappa shape index (κ3) is 3.52. The maximum absolute atomic E-state index is 12.1. The van der Waals surface area contributed by atoms with E-state index in [1.165, 1.54) is 6.07 Å². The molecule has 5 aromatic carbocycles. The number of hydrogen-bond donors (Lipinski definition) is 2. The molecule has 7 nitrogen and oxygen atoms in total. The highest BCUT2D eigenvalue weighted by atomic mass is 32.2. The summed E-state index contributed by atoms with van der Waals surface area (Å²) < 4.78 is 40.2. The van der Waals surface area contributed by atoms with E-state index < -0.39 is 28.2 Å². The molecule has 5 aromatic rings. The molecule has 186 valence electrons. The van der Waals surface area contributed by atoms with Crippen LogP contribution in [0.5, 0.6) is 0 Å². The Morgan fingerprint density at radius 2 is 1.39 bits per heavy atom. The summed E-state index contributed by atoms with van der Waals surface area (Å²) in [6.45, 7) is 7.85. The SMILES string of the molecule is CC(C)C1OOC(C)(C)C(Nc2ccc3c4cccc5c(S(=O)(=O)O)ccc(c6cccc2c36)c54)O1. The molecule has 0 aromatic heterocycles. The first-order chi connectivity index (χ1) is 17.1. The van der Waals surface area contributed by atoms with Crippen molar-refractivity contribution in [2.75, 3.05) is 5.32 Å². The van der Waals surface area contributed by atoms with E-state index in [9.17, 15) is 13.0 Å². The quantitative estimate of drug-likeness (QED) is 0.125. The molecule has 36 heavy (non-hydrogen) atoms. The highest BCUT2D eigenvalue weighted by molar-refractivity contribution is 7.86. The van der Waals surface area contributed by atoms with Crippen molar-refractivity contribution in [2.45, 2.75) is 50.7 Å². The zero-order valence-corrected chi connectivity index (χ0v) is 21.2. The van der Waals surface area contributed by atoms with Crippen LogP contribution in [-0.4, -0.2) is 31.1 Å². The van der Waals surface area contributed by atoms with Gasteiger partial charge in [0.05, 0.1) is 0 Å². The van der Waals surface area contributed by atoms with Gasteiger partial charge < -0.3 is 10.1 Å². The van der Waals surface area contributed by atoms with Crippen molar-refractivity contribution in [3.63, 3.8) is 0 Å². The van der Waals surface area contributed by atoms with Crippen LogP contribution in [-0.2, 0) is 24.6 Å². The fraction of sp³-hybridized carbons (Fsp3) is 0.286. The van der Waals surface area contributed by atoms with Crippen LogP contribution in [0.1, 0.15) is 27.7 Å². The zero-order chi connectivity index (χ0) is 25.4. The van der Waals surface area contributed by atoms with Gasteiger partial charge in [0, 0.05) is 22.4 Å². The fourth-order valence-corrected chi connectivity index (χ4v) is 5.88. The minimum absolute atomic E-state index is 0.0874. The molecule has 1 aliphatic rings. The minimum Gasteiger partial charge on any atom is -0.357 e. The third-order valence-electron chi connectivity index (χ3n) is 6.99. The van der Waals surface area contributed by atoms with E-state index in [1.54, 1.807) is 12.1 Å². The summed E-state index contributed by atoms with van der Waals surface area (Å²) in [5.74, 6) is 0.117. The number of nitrogens with one attached hydrogen (secondary N) is 1. The van der Waals surface area contributed by atoms with Gasteiger partial charge in [-0.3, -0.25) is 4.55 Å². The van der Waals surface area contributed by atoms with Crippen LogP contribution in [0, 0.1) is 5.92 Å². The molecule has 6 rings (SSSR count). The lowest BCUT2D eigenvalue weighted by atomic mass is 9.89. The van der Waals surface area contributed by atoms with Gasteiger partial charge in [-0.15, -0.1) is 0 Å². The number of rotatable bonds is 4. The lowest BCUT2D eigenvalue weighted by molar-refractivity contribution is -0.485. The lowest BCUT2D eigenvalue weighted by Crippen LogP contribution is -2.54. The van der Waals surface area contributed by atoms with E-state index in [2.05, 4.69) is 11.4 Å². The molecule has 0 spiro atoms. The number of benzene rings is 5. The van der Waals surface area contributed by atoms with Crippen molar-refractivity contribution < 1.29 is 27.5 Å². The predicted octanol–water partition coefficient (Wildman–Crippen LogP) is 6.46. The molecule has 0 amide bonds. The van der Waals surface area contributed by atoms with Gasteiger partial charge >= 0.3 is 0 Å². The van der Waals surface area contributed by atoms with Crippen molar-refractivity contribution in [3.8, 4) is 0 Å². The Kier molecular flexibility index (Phi) is 5.19. The summed E-state index contributed by atoms with van der Waals surface area (Å²) in [6.07, 6.45) is -0.940. The van der Waals surface area contributed by atoms with E-state index in [-0.39, 0.29) is 10.8 Å². The fourth-order valence-electron chi connectivity index (χ4n) is 5.19. The number of hydrogen-bond acceptors (Lipinski definition) is 6. The standard InChI is InChI=1S/C28H27NO6S/c1-15(2)26-33-27(28(3,4)35-34-26)29-22-13-11-18-17-8-6-10-21-23(36(30,31)32)14-12-19(25(17)21)16-7-5-9-20(22)24(16)18/h5-15,26-27,29H,1-4H3,(H,30,31,32). The topological polar surface area (TPSA) is 94.1 Å². The highest BCUT2D eigenvalue weighted by Crippen LogP contribution is 2.44. The summed E-state index contributed by atoms with van der Waals surface area (Å²) in [4.78, 5) is 11.1. The van der Waals surface area contributed by atoms with Gasteiger partial charge in [0.2, 0.25) is 0 Å². The second kappa shape index (κ2) is 7.99. The maximum atomic E-state index is 12.1. The van der Waals surface area contributed by atoms with E-state index >= 15 is 0 Å². The molecule has 1 aliphatic heterocycles. The molecule has 2 N–H and O–H groups in total. The minimum atomic E-state index is -4.37. The van der Waals surface area contributed by atoms with Crippen LogP contribution in [0.25, 0.3) is 43.1 Å². The predicted molar refractivity (Wildman–Crippen MR) is 141 cm³/mol. The van der Waals surface area contributed by atoms with Crippen LogP contribution < -0.4 is 5.32 Å². The summed E-state index contributed by atoms with van der Waals surface area (Å²) in [7, 11) is -4.37.